The number of hydrogen-bond donors (Lipinski definition) is 3. The van der Waals surface area contributed by atoms with E-state index in [9.17, 15) is 9.59 Å². The predicted octanol–water partition coefficient (Wildman–Crippen LogP) is 6.00. The summed E-state index contributed by atoms with van der Waals surface area (Å²) in [7, 11) is 0. The second-order valence-electron chi connectivity index (χ2n) is 8.42. The summed E-state index contributed by atoms with van der Waals surface area (Å²) in [5, 5.41) is 8.69. The third kappa shape index (κ3) is 7.75. The molecule has 0 spiro atoms. The molecule has 7 heteroatoms. The van der Waals surface area contributed by atoms with E-state index in [1.54, 1.807) is 54.6 Å². The zero-order chi connectivity index (χ0) is 26.0. The van der Waals surface area contributed by atoms with Crippen molar-refractivity contribution in [2.45, 2.75) is 13.3 Å². The molecule has 4 rings (SSSR count). The first kappa shape index (κ1) is 25.6. The van der Waals surface area contributed by atoms with E-state index in [4.69, 9.17) is 17.0 Å². The molecule has 3 N–H and O–H groups in total. The number of anilines is 2. The van der Waals surface area contributed by atoms with E-state index >= 15 is 0 Å². The number of rotatable bonds is 8. The molecule has 37 heavy (non-hydrogen) atoms. The number of hydrogen-bond acceptors (Lipinski definition) is 4. The maximum absolute atomic E-state index is 12.6. The highest BCUT2D eigenvalue weighted by atomic mass is 32.1. The lowest BCUT2D eigenvalue weighted by atomic mass is 10.1. The highest BCUT2D eigenvalue weighted by molar-refractivity contribution is 7.80. The summed E-state index contributed by atoms with van der Waals surface area (Å²) in [6.07, 6.45) is 0.809. The van der Waals surface area contributed by atoms with Gasteiger partial charge >= 0.3 is 0 Å². The van der Waals surface area contributed by atoms with Gasteiger partial charge in [0.1, 0.15) is 5.75 Å². The first-order chi connectivity index (χ1) is 18.0. The van der Waals surface area contributed by atoms with Crippen LogP contribution in [0.3, 0.4) is 0 Å². The van der Waals surface area contributed by atoms with Crippen molar-refractivity contribution >= 4 is 40.5 Å². The normalized spacial score (nSPS) is 10.3. The molecule has 4 aromatic carbocycles. The van der Waals surface area contributed by atoms with Crippen molar-refractivity contribution in [3.63, 3.8) is 0 Å². The van der Waals surface area contributed by atoms with Crippen molar-refractivity contribution in [1.29, 1.82) is 0 Å². The Kier molecular flexibility index (Phi) is 8.62. The van der Waals surface area contributed by atoms with E-state index in [1.807, 2.05) is 43.3 Å². The topological polar surface area (TPSA) is 79.5 Å². The fourth-order valence-corrected chi connectivity index (χ4v) is 3.81. The standard InChI is InChI=1S/C30H27N3O3S/c1-21-6-5-9-24(20-21)29(35)31-25-12-14-26(15-13-25)32-30(37)33-28(34)23-10-16-27(17-11-23)36-19-18-22-7-3-2-4-8-22/h2-17,20H,18-19H2,1H3,(H,31,35)(H2,32,33,34,37). The van der Waals surface area contributed by atoms with Gasteiger partial charge in [0, 0.05) is 28.9 Å². The number of aryl methyl sites for hydroxylation is 1. The third-order valence-corrected chi connectivity index (χ3v) is 5.73. The van der Waals surface area contributed by atoms with Crippen molar-refractivity contribution < 1.29 is 14.3 Å². The van der Waals surface area contributed by atoms with Crippen molar-refractivity contribution in [2.75, 3.05) is 17.2 Å². The van der Waals surface area contributed by atoms with Crippen molar-refractivity contribution in [2.24, 2.45) is 0 Å². The Balaban J connectivity index is 1.23. The number of nitrogens with one attached hydrogen (secondary N) is 3. The molecule has 186 valence electrons. The van der Waals surface area contributed by atoms with Crippen LogP contribution >= 0.6 is 12.2 Å². The molecule has 0 heterocycles. The van der Waals surface area contributed by atoms with Gasteiger partial charge in [-0.3, -0.25) is 14.9 Å². The van der Waals surface area contributed by atoms with Gasteiger partial charge < -0.3 is 15.4 Å². The summed E-state index contributed by atoms with van der Waals surface area (Å²) >= 11 is 5.28. The molecule has 0 unspecified atom stereocenters. The van der Waals surface area contributed by atoms with Crippen LogP contribution in [0.4, 0.5) is 11.4 Å². The zero-order valence-corrected chi connectivity index (χ0v) is 21.2. The largest absolute Gasteiger partial charge is 0.493 e. The van der Waals surface area contributed by atoms with Crippen LogP contribution in [0.2, 0.25) is 0 Å². The zero-order valence-electron chi connectivity index (χ0n) is 20.4. The maximum Gasteiger partial charge on any atom is 0.257 e. The minimum Gasteiger partial charge on any atom is -0.493 e. The second kappa shape index (κ2) is 12.5. The average molecular weight is 510 g/mol. The van der Waals surface area contributed by atoms with Gasteiger partial charge in [-0.05, 0) is 85.4 Å². The van der Waals surface area contributed by atoms with E-state index in [-0.39, 0.29) is 16.9 Å². The van der Waals surface area contributed by atoms with Crippen LogP contribution in [-0.2, 0) is 6.42 Å². The molecule has 0 saturated carbocycles. The van der Waals surface area contributed by atoms with Crippen LogP contribution < -0.4 is 20.7 Å². The molecule has 0 radical (unpaired) electrons. The number of carbonyl (C=O) groups is 2. The van der Waals surface area contributed by atoms with Gasteiger partial charge in [0.05, 0.1) is 6.61 Å². The van der Waals surface area contributed by atoms with E-state index in [2.05, 4.69) is 28.1 Å². The highest BCUT2D eigenvalue weighted by Crippen LogP contribution is 2.16. The molecule has 2 amide bonds. The smallest absolute Gasteiger partial charge is 0.257 e. The average Bonchev–Trinajstić information content (AvgIpc) is 2.91. The maximum atomic E-state index is 12.6. The first-order valence-electron chi connectivity index (χ1n) is 11.8. The van der Waals surface area contributed by atoms with Crippen molar-refractivity contribution in [3.05, 3.63) is 125 Å². The molecule has 0 fully saturated rings. The Morgan fingerprint density at radius 2 is 1.41 bits per heavy atom. The summed E-state index contributed by atoms with van der Waals surface area (Å²) < 4.78 is 5.77. The molecule has 0 saturated heterocycles. The minimum atomic E-state index is -0.324. The molecule has 0 atom stereocenters. The minimum absolute atomic E-state index is 0.171. The van der Waals surface area contributed by atoms with Gasteiger partial charge in [-0.25, -0.2) is 0 Å². The van der Waals surface area contributed by atoms with Crippen molar-refractivity contribution in [3.8, 4) is 5.75 Å². The fraction of sp³-hybridized carbons (Fsp3) is 0.100. The van der Waals surface area contributed by atoms with Crippen molar-refractivity contribution in [1.82, 2.24) is 5.32 Å². The van der Waals surface area contributed by atoms with Crippen LogP contribution in [0.5, 0.6) is 5.75 Å². The van der Waals surface area contributed by atoms with Gasteiger partial charge in [-0.1, -0.05) is 48.0 Å². The summed E-state index contributed by atoms with van der Waals surface area (Å²) in [6, 6.07) is 31.5. The number of thiocarbonyl (C=S) groups is 1. The van der Waals surface area contributed by atoms with E-state index in [1.165, 1.54) is 5.56 Å². The molecule has 0 aliphatic carbocycles. The van der Waals surface area contributed by atoms with Crippen LogP contribution in [0, 0.1) is 6.92 Å². The van der Waals surface area contributed by atoms with E-state index < -0.39 is 0 Å². The van der Waals surface area contributed by atoms with Crippen LogP contribution in [0.25, 0.3) is 0 Å². The van der Waals surface area contributed by atoms with E-state index in [0.717, 1.165) is 12.0 Å². The number of carbonyl (C=O) groups excluding carboxylic acids is 2. The Labute approximate surface area is 221 Å². The lowest BCUT2D eigenvalue weighted by Gasteiger charge is -2.11. The SMILES string of the molecule is Cc1cccc(C(=O)Nc2ccc(NC(=S)NC(=O)c3ccc(OCCc4ccccc4)cc3)cc2)c1. The third-order valence-electron chi connectivity index (χ3n) is 5.53. The Hall–Kier alpha value is -4.49. The van der Waals surface area contributed by atoms with Gasteiger partial charge in [0.2, 0.25) is 0 Å². The second-order valence-corrected chi connectivity index (χ2v) is 8.83. The molecule has 0 aromatic heterocycles. The molecule has 0 aliphatic heterocycles. The highest BCUT2D eigenvalue weighted by Gasteiger charge is 2.10. The predicted molar refractivity (Wildman–Crippen MR) is 151 cm³/mol. The number of amides is 2. The summed E-state index contributed by atoms with van der Waals surface area (Å²) in [6.45, 7) is 2.49. The van der Waals surface area contributed by atoms with Crippen LogP contribution in [0.1, 0.15) is 31.8 Å². The quantitative estimate of drug-likeness (QED) is 0.254. The van der Waals surface area contributed by atoms with Crippen LogP contribution in [-0.4, -0.2) is 23.5 Å². The molecular formula is C30H27N3O3S. The van der Waals surface area contributed by atoms with Gasteiger partial charge in [-0.15, -0.1) is 0 Å². The lowest BCUT2D eigenvalue weighted by Crippen LogP contribution is -2.34. The Morgan fingerprint density at radius 3 is 2.08 bits per heavy atom. The lowest BCUT2D eigenvalue weighted by molar-refractivity contribution is 0.0976. The number of benzene rings is 4. The Morgan fingerprint density at radius 1 is 0.730 bits per heavy atom. The molecular weight excluding hydrogens is 482 g/mol. The number of ether oxygens (including phenoxy) is 1. The molecule has 0 bridgehead atoms. The molecule has 6 nitrogen and oxygen atoms in total. The summed E-state index contributed by atoms with van der Waals surface area (Å²) in [4.78, 5) is 25.0. The van der Waals surface area contributed by atoms with Crippen LogP contribution in [0.15, 0.2) is 103 Å². The fourth-order valence-electron chi connectivity index (χ4n) is 3.60. The van der Waals surface area contributed by atoms with E-state index in [0.29, 0.717) is 34.9 Å². The molecule has 4 aromatic rings. The Bertz CT molecular complexity index is 1370. The first-order valence-corrected chi connectivity index (χ1v) is 12.2. The monoisotopic (exact) mass is 509 g/mol. The summed E-state index contributed by atoms with van der Waals surface area (Å²) in [5.41, 5.74) is 4.62. The summed E-state index contributed by atoms with van der Waals surface area (Å²) in [5.74, 6) is 0.193. The molecule has 0 aliphatic rings. The van der Waals surface area contributed by atoms with Gasteiger partial charge in [0.25, 0.3) is 11.8 Å². The van der Waals surface area contributed by atoms with Gasteiger partial charge in [-0.2, -0.15) is 0 Å². The van der Waals surface area contributed by atoms with Gasteiger partial charge in [0.15, 0.2) is 5.11 Å².